The highest BCUT2D eigenvalue weighted by molar-refractivity contribution is 7.99. The molecule has 1 heterocycles. The first-order valence-corrected chi connectivity index (χ1v) is 11.9. The monoisotopic (exact) mass is 487 g/mol. The average Bonchev–Trinajstić information content (AvgIpc) is 3.06. The van der Waals surface area contributed by atoms with Crippen LogP contribution in [0.1, 0.15) is 32.3 Å². The van der Waals surface area contributed by atoms with E-state index < -0.39 is 29.6 Å². The van der Waals surface area contributed by atoms with Crippen LogP contribution in [0.2, 0.25) is 5.02 Å². The zero-order chi connectivity index (χ0) is 23.3. The number of esters is 2. The van der Waals surface area contributed by atoms with Gasteiger partial charge in [0.15, 0.2) is 5.79 Å². The Bertz CT molecular complexity index is 884. The summed E-state index contributed by atoms with van der Waals surface area (Å²) in [6.07, 6.45) is 1.96. The molecule has 4 atom stereocenters. The second kappa shape index (κ2) is 11.0. The van der Waals surface area contributed by atoms with E-state index in [4.69, 9.17) is 36.3 Å². The molecule has 0 bridgehead atoms. The third-order valence-electron chi connectivity index (χ3n) is 5.28. The van der Waals surface area contributed by atoms with Crippen LogP contribution in [0.25, 0.3) is 0 Å². The molecule has 0 amide bonds. The summed E-state index contributed by atoms with van der Waals surface area (Å²) in [5.41, 5.74) is 6.51. The number of hydrogen-bond donors (Lipinski definition) is 1. The van der Waals surface area contributed by atoms with Gasteiger partial charge in [0.2, 0.25) is 0 Å². The van der Waals surface area contributed by atoms with Gasteiger partial charge in [-0.1, -0.05) is 17.7 Å². The quantitative estimate of drug-likeness (QED) is 0.557. The number of halogens is 2. The largest absolute Gasteiger partial charge is 0.463 e. The summed E-state index contributed by atoms with van der Waals surface area (Å²) in [6.45, 7) is 3.61. The predicted molar refractivity (Wildman–Crippen MR) is 119 cm³/mol. The number of nitrogens with two attached hydrogens (primary N) is 1. The molecule has 2 N–H and O–H groups in total. The molecule has 7 nitrogen and oxygen atoms in total. The summed E-state index contributed by atoms with van der Waals surface area (Å²) in [5.74, 6) is -1.95. The van der Waals surface area contributed by atoms with Crippen LogP contribution in [0.4, 0.5) is 4.39 Å². The summed E-state index contributed by atoms with van der Waals surface area (Å²) in [4.78, 5) is 24.1. The van der Waals surface area contributed by atoms with Gasteiger partial charge >= 0.3 is 11.9 Å². The van der Waals surface area contributed by atoms with Crippen molar-refractivity contribution >= 4 is 35.3 Å². The molecule has 1 spiro atoms. The van der Waals surface area contributed by atoms with E-state index in [0.29, 0.717) is 29.2 Å². The molecule has 0 radical (unpaired) electrons. The van der Waals surface area contributed by atoms with Crippen LogP contribution in [0.5, 0.6) is 0 Å². The fraction of sp³-hybridized carbons (Fsp3) is 0.545. The molecule has 10 heteroatoms. The second-order valence-corrected chi connectivity index (χ2v) is 9.17. The lowest BCUT2D eigenvalue weighted by molar-refractivity contribution is -0.159. The average molecular weight is 488 g/mol. The highest BCUT2D eigenvalue weighted by Crippen LogP contribution is 2.43. The van der Waals surface area contributed by atoms with E-state index in [-0.39, 0.29) is 31.1 Å². The van der Waals surface area contributed by atoms with Crippen LogP contribution < -0.4 is 5.73 Å². The van der Waals surface area contributed by atoms with Crippen molar-refractivity contribution in [2.24, 2.45) is 5.73 Å². The van der Waals surface area contributed by atoms with Crippen molar-refractivity contribution in [2.45, 2.75) is 55.7 Å². The Labute approximate surface area is 195 Å². The van der Waals surface area contributed by atoms with Gasteiger partial charge in [0, 0.05) is 22.4 Å². The second-order valence-electron chi connectivity index (χ2n) is 7.57. The van der Waals surface area contributed by atoms with Gasteiger partial charge in [0.1, 0.15) is 18.5 Å². The minimum atomic E-state index is -1.09. The van der Waals surface area contributed by atoms with Gasteiger partial charge in [-0.05, 0) is 44.0 Å². The summed E-state index contributed by atoms with van der Waals surface area (Å²) in [7, 11) is 0. The molecule has 3 unspecified atom stereocenters. The molecule has 0 aromatic heterocycles. The number of carbonyl (C=O) groups is 2. The molecule has 1 saturated heterocycles. The van der Waals surface area contributed by atoms with Crippen molar-refractivity contribution in [3.05, 3.63) is 46.3 Å². The van der Waals surface area contributed by atoms with Gasteiger partial charge < -0.3 is 24.7 Å². The molecule has 1 aliphatic carbocycles. The Kier molecular flexibility index (Phi) is 8.57. The molecular weight excluding hydrogens is 461 g/mol. The molecule has 176 valence electrons. The minimum Gasteiger partial charge on any atom is -0.463 e. The number of thioether (sulfide) groups is 1. The molecule has 1 fully saturated rings. The first kappa shape index (κ1) is 25.0. The highest BCUT2D eigenvalue weighted by Gasteiger charge is 2.48. The lowest BCUT2D eigenvalue weighted by Crippen LogP contribution is -2.37. The Morgan fingerprint density at radius 3 is 2.81 bits per heavy atom. The van der Waals surface area contributed by atoms with Gasteiger partial charge in [-0.3, -0.25) is 4.79 Å². The van der Waals surface area contributed by atoms with Gasteiger partial charge in [-0.2, -0.15) is 0 Å². The first-order chi connectivity index (χ1) is 15.3. The molecule has 32 heavy (non-hydrogen) atoms. The smallest absolute Gasteiger partial charge is 0.335 e. The number of rotatable bonds is 8. The summed E-state index contributed by atoms with van der Waals surface area (Å²) < 4.78 is 35.9. The molecule has 1 aromatic carbocycles. The van der Waals surface area contributed by atoms with Crippen molar-refractivity contribution in [1.29, 1.82) is 0 Å². The van der Waals surface area contributed by atoms with Crippen molar-refractivity contribution in [2.75, 3.05) is 19.8 Å². The van der Waals surface area contributed by atoms with Gasteiger partial charge in [0.25, 0.3) is 0 Å². The topological polar surface area (TPSA) is 97.1 Å². The zero-order valence-electron chi connectivity index (χ0n) is 18.0. The maximum Gasteiger partial charge on any atom is 0.335 e. The van der Waals surface area contributed by atoms with Crippen LogP contribution in [0.3, 0.4) is 0 Å². The number of ether oxygens (including phenoxy) is 4. The van der Waals surface area contributed by atoms with Gasteiger partial charge in [-0.15, -0.1) is 11.8 Å². The number of carbonyl (C=O) groups excluding carboxylic acids is 2. The SMILES string of the molecule is CCOC(=O)C1=CC2(CCC1SCc1ccc(F)cc1Cl)OC(COC(=O)CN)[C@@H](C)O2. The van der Waals surface area contributed by atoms with Gasteiger partial charge in [-0.25, -0.2) is 9.18 Å². The van der Waals surface area contributed by atoms with Crippen molar-refractivity contribution in [1.82, 2.24) is 0 Å². The fourth-order valence-electron chi connectivity index (χ4n) is 3.66. The standard InChI is InChI=1S/C22H27ClFNO6S/c1-3-28-21(27)16-9-22(30-13(2)18(31-22)11-29-20(26)10-25)7-6-19(16)32-12-14-4-5-15(24)8-17(14)23/h4-5,8-9,13,18-19H,3,6-7,10-12,25H2,1-2H3/t13-,18?,19?,22?/m1/s1. The molecule has 0 saturated carbocycles. The maximum absolute atomic E-state index is 13.3. The van der Waals surface area contributed by atoms with E-state index in [1.165, 1.54) is 23.9 Å². The Morgan fingerprint density at radius 2 is 2.12 bits per heavy atom. The molecule has 2 aliphatic rings. The van der Waals surface area contributed by atoms with E-state index in [2.05, 4.69) is 0 Å². The zero-order valence-corrected chi connectivity index (χ0v) is 19.5. The molecule has 1 aromatic rings. The van der Waals surface area contributed by atoms with Crippen LogP contribution >= 0.6 is 23.4 Å². The van der Waals surface area contributed by atoms with Crippen LogP contribution in [0.15, 0.2) is 29.8 Å². The van der Waals surface area contributed by atoms with Crippen molar-refractivity contribution < 1.29 is 32.9 Å². The van der Waals surface area contributed by atoms with E-state index in [9.17, 15) is 14.0 Å². The first-order valence-electron chi connectivity index (χ1n) is 10.4. The molecule has 3 rings (SSSR count). The lowest BCUT2D eigenvalue weighted by atomic mass is 9.94. The molecular formula is C22H27ClFNO6S. The molecule has 1 aliphatic heterocycles. The summed E-state index contributed by atoms with van der Waals surface area (Å²) >= 11 is 7.67. The number of hydrogen-bond acceptors (Lipinski definition) is 8. The third-order valence-corrected chi connectivity index (χ3v) is 7.00. The van der Waals surface area contributed by atoms with E-state index in [1.54, 1.807) is 19.1 Å². The number of benzene rings is 1. The summed E-state index contributed by atoms with van der Waals surface area (Å²) in [6, 6.07) is 4.27. The summed E-state index contributed by atoms with van der Waals surface area (Å²) in [5, 5.41) is 0.176. The van der Waals surface area contributed by atoms with Crippen LogP contribution in [0, 0.1) is 5.82 Å². The van der Waals surface area contributed by atoms with E-state index in [1.807, 2.05) is 6.92 Å². The van der Waals surface area contributed by atoms with Crippen LogP contribution in [-0.2, 0) is 34.3 Å². The predicted octanol–water partition coefficient (Wildman–Crippen LogP) is 3.37. The fourth-order valence-corrected chi connectivity index (χ4v) is 5.23. The van der Waals surface area contributed by atoms with Crippen molar-refractivity contribution in [3.63, 3.8) is 0 Å². The van der Waals surface area contributed by atoms with Crippen molar-refractivity contribution in [3.8, 4) is 0 Å². The van der Waals surface area contributed by atoms with E-state index >= 15 is 0 Å². The highest BCUT2D eigenvalue weighted by atomic mass is 35.5. The van der Waals surface area contributed by atoms with Gasteiger partial charge in [0.05, 0.1) is 24.8 Å². The normalized spacial score (nSPS) is 27.3. The maximum atomic E-state index is 13.3. The minimum absolute atomic E-state index is 0.0166. The Balaban J connectivity index is 1.75. The lowest BCUT2D eigenvalue weighted by Gasteiger charge is -2.33. The Hall–Kier alpha value is -1.65. The third kappa shape index (κ3) is 6.02. The van der Waals surface area contributed by atoms with Crippen LogP contribution in [-0.4, -0.2) is 54.9 Å². The Morgan fingerprint density at radius 1 is 1.34 bits per heavy atom. The van der Waals surface area contributed by atoms with E-state index in [0.717, 1.165) is 5.56 Å².